The molecule has 1 heterocycles. The van der Waals surface area contributed by atoms with Crippen LogP contribution in [-0.4, -0.2) is 10.2 Å². The molecule has 1 rings (SSSR count). The van der Waals surface area contributed by atoms with Crippen LogP contribution in [0, 0.1) is 11.3 Å². The van der Waals surface area contributed by atoms with Gasteiger partial charge in [-0.15, -0.1) is 0 Å². The smallest absolute Gasteiger partial charge is 0.163 e. The molecule has 0 aliphatic heterocycles. The van der Waals surface area contributed by atoms with Gasteiger partial charge in [0.1, 0.15) is 11.2 Å². The molecule has 8 heavy (non-hydrogen) atoms. The highest BCUT2D eigenvalue weighted by atomic mass is 35.5. The highest BCUT2D eigenvalue weighted by molar-refractivity contribution is 6.29. The van der Waals surface area contributed by atoms with E-state index >= 15 is 0 Å². The first kappa shape index (κ1) is 5.13. The molecule has 0 aromatic carbocycles. The van der Waals surface area contributed by atoms with E-state index in [1.54, 1.807) is 0 Å². The first-order chi connectivity index (χ1) is 3.83. The Hall–Kier alpha value is -1.01. The molecule has 0 saturated carbocycles. The van der Waals surface area contributed by atoms with Gasteiger partial charge in [0.15, 0.2) is 5.69 Å². The molecule has 1 aromatic rings. The minimum atomic E-state index is 0.315. The van der Waals surface area contributed by atoms with Crippen LogP contribution in [0.4, 0.5) is 0 Å². The van der Waals surface area contributed by atoms with Gasteiger partial charge in [-0.3, -0.25) is 5.10 Å². The van der Waals surface area contributed by atoms with Gasteiger partial charge >= 0.3 is 0 Å². The third-order valence-electron chi connectivity index (χ3n) is 0.661. The first-order valence-electron chi connectivity index (χ1n) is 1.94. The molecule has 0 radical (unpaired) electrons. The van der Waals surface area contributed by atoms with Crippen LogP contribution in [0.1, 0.15) is 5.69 Å². The van der Waals surface area contributed by atoms with Gasteiger partial charge in [-0.2, -0.15) is 10.4 Å². The summed E-state index contributed by atoms with van der Waals surface area (Å²) in [6.45, 7) is 0. The van der Waals surface area contributed by atoms with Crippen LogP contribution in [0.5, 0.6) is 0 Å². The number of aromatic amines is 1. The van der Waals surface area contributed by atoms with Gasteiger partial charge in [-0.05, 0) is 0 Å². The zero-order valence-electron chi connectivity index (χ0n) is 3.85. The third kappa shape index (κ3) is 0.796. The maximum absolute atomic E-state index is 8.16. The van der Waals surface area contributed by atoms with Crippen molar-refractivity contribution in [3.63, 3.8) is 0 Å². The molecule has 4 heteroatoms. The summed E-state index contributed by atoms with van der Waals surface area (Å²) in [6, 6.07) is 3.28. The predicted octanol–water partition coefficient (Wildman–Crippen LogP) is 0.935. The van der Waals surface area contributed by atoms with Crippen molar-refractivity contribution in [3.8, 4) is 6.07 Å². The number of nitrogens with one attached hydrogen (secondary N) is 1. The standard InChI is InChI=1S/C4H2ClN3/c5-4-1-3(2-6)7-8-4/h1H,(H,7,8). The van der Waals surface area contributed by atoms with Crippen molar-refractivity contribution in [1.29, 1.82) is 5.26 Å². The van der Waals surface area contributed by atoms with E-state index in [1.807, 2.05) is 6.07 Å². The van der Waals surface area contributed by atoms with E-state index in [2.05, 4.69) is 10.2 Å². The lowest BCUT2D eigenvalue weighted by atomic mass is 10.5. The fourth-order valence-electron chi connectivity index (χ4n) is 0.355. The second-order valence-electron chi connectivity index (χ2n) is 1.21. The number of nitriles is 1. The summed E-state index contributed by atoms with van der Waals surface area (Å²) >= 11 is 5.37. The Balaban J connectivity index is 3.05. The first-order valence-corrected chi connectivity index (χ1v) is 2.32. The molecule has 0 bridgehead atoms. The van der Waals surface area contributed by atoms with E-state index < -0.39 is 0 Å². The Morgan fingerprint density at radius 3 is 2.88 bits per heavy atom. The van der Waals surface area contributed by atoms with Gasteiger partial charge < -0.3 is 0 Å². The Morgan fingerprint density at radius 1 is 1.88 bits per heavy atom. The normalized spacial score (nSPS) is 8.50. The van der Waals surface area contributed by atoms with Crippen LogP contribution < -0.4 is 0 Å². The van der Waals surface area contributed by atoms with Crippen molar-refractivity contribution in [1.82, 2.24) is 10.2 Å². The second kappa shape index (κ2) is 1.85. The van der Waals surface area contributed by atoms with Gasteiger partial charge in [-0.25, -0.2) is 0 Å². The zero-order chi connectivity index (χ0) is 5.98. The molecule has 1 aromatic heterocycles. The van der Waals surface area contributed by atoms with Crippen LogP contribution in [-0.2, 0) is 0 Å². The summed E-state index contributed by atoms with van der Waals surface area (Å²) in [5, 5.41) is 14.5. The van der Waals surface area contributed by atoms with Gasteiger partial charge in [0.25, 0.3) is 0 Å². The highest BCUT2D eigenvalue weighted by Crippen LogP contribution is 2.02. The highest BCUT2D eigenvalue weighted by Gasteiger charge is 1.92. The third-order valence-corrected chi connectivity index (χ3v) is 0.855. The summed E-state index contributed by atoms with van der Waals surface area (Å²) in [6.07, 6.45) is 0. The average molecular weight is 128 g/mol. The number of H-pyrrole nitrogens is 1. The van der Waals surface area contributed by atoms with Crippen LogP contribution >= 0.6 is 11.6 Å². The minimum Gasteiger partial charge on any atom is -0.266 e. The lowest BCUT2D eigenvalue weighted by molar-refractivity contribution is 1.07. The Bertz CT molecular complexity index is 221. The van der Waals surface area contributed by atoms with E-state index in [0.29, 0.717) is 10.8 Å². The Kier molecular flexibility index (Phi) is 1.18. The number of halogens is 1. The van der Waals surface area contributed by atoms with E-state index in [1.165, 1.54) is 6.07 Å². The summed E-state index contributed by atoms with van der Waals surface area (Å²) in [4.78, 5) is 0. The second-order valence-corrected chi connectivity index (χ2v) is 1.62. The van der Waals surface area contributed by atoms with E-state index in [-0.39, 0.29) is 0 Å². The van der Waals surface area contributed by atoms with Crippen molar-refractivity contribution < 1.29 is 0 Å². The average Bonchev–Trinajstić information content (AvgIpc) is 2.14. The van der Waals surface area contributed by atoms with Gasteiger partial charge in [0, 0.05) is 6.07 Å². The summed E-state index contributed by atoms with van der Waals surface area (Å²) in [5.41, 5.74) is 0.315. The van der Waals surface area contributed by atoms with Crippen molar-refractivity contribution in [2.75, 3.05) is 0 Å². The fourth-order valence-corrected chi connectivity index (χ4v) is 0.501. The van der Waals surface area contributed by atoms with Crippen LogP contribution in [0.3, 0.4) is 0 Å². The number of nitrogens with zero attached hydrogens (tertiary/aromatic N) is 2. The van der Waals surface area contributed by atoms with Crippen molar-refractivity contribution in [2.24, 2.45) is 0 Å². The van der Waals surface area contributed by atoms with Crippen LogP contribution in [0.25, 0.3) is 0 Å². The Labute approximate surface area is 50.9 Å². The van der Waals surface area contributed by atoms with Gasteiger partial charge in [0.2, 0.25) is 0 Å². The Morgan fingerprint density at radius 2 is 2.62 bits per heavy atom. The molecule has 1 N–H and O–H groups in total. The molecule has 0 aliphatic carbocycles. The molecule has 0 aliphatic rings. The maximum Gasteiger partial charge on any atom is 0.163 e. The number of hydrogen-bond acceptors (Lipinski definition) is 2. The number of rotatable bonds is 0. The number of hydrogen-bond donors (Lipinski definition) is 1. The molecule has 40 valence electrons. The molecule has 0 fully saturated rings. The number of aromatic nitrogens is 2. The predicted molar refractivity (Wildman–Crippen MR) is 28.3 cm³/mol. The lowest BCUT2D eigenvalue weighted by Crippen LogP contribution is -1.68. The largest absolute Gasteiger partial charge is 0.266 e. The minimum absolute atomic E-state index is 0.315. The summed E-state index contributed by atoms with van der Waals surface area (Å²) < 4.78 is 0. The molecule has 0 spiro atoms. The van der Waals surface area contributed by atoms with Crippen LogP contribution in [0.2, 0.25) is 5.15 Å². The zero-order valence-corrected chi connectivity index (χ0v) is 4.61. The molecule has 0 saturated heterocycles. The van der Waals surface area contributed by atoms with Crippen LogP contribution in [0.15, 0.2) is 6.07 Å². The summed E-state index contributed by atoms with van der Waals surface area (Å²) in [5.74, 6) is 0. The quantitative estimate of drug-likeness (QED) is 0.564. The van der Waals surface area contributed by atoms with Crippen molar-refractivity contribution in [3.05, 3.63) is 16.9 Å². The summed E-state index contributed by atoms with van der Waals surface area (Å²) in [7, 11) is 0. The molecular weight excluding hydrogens is 126 g/mol. The molecular formula is C4H2ClN3. The SMILES string of the molecule is N#Cc1cc(Cl)[nH]n1. The maximum atomic E-state index is 8.16. The molecule has 0 atom stereocenters. The van der Waals surface area contributed by atoms with Gasteiger partial charge in [-0.1, -0.05) is 11.6 Å². The topological polar surface area (TPSA) is 52.5 Å². The van der Waals surface area contributed by atoms with E-state index in [4.69, 9.17) is 16.9 Å². The van der Waals surface area contributed by atoms with E-state index in [0.717, 1.165) is 0 Å². The monoisotopic (exact) mass is 127 g/mol. The van der Waals surface area contributed by atoms with Crippen molar-refractivity contribution >= 4 is 11.6 Å². The molecule has 0 amide bonds. The lowest BCUT2D eigenvalue weighted by Gasteiger charge is -1.64. The fraction of sp³-hybridized carbons (Fsp3) is 0. The molecule has 3 nitrogen and oxygen atoms in total. The van der Waals surface area contributed by atoms with E-state index in [9.17, 15) is 0 Å². The van der Waals surface area contributed by atoms with Crippen molar-refractivity contribution in [2.45, 2.75) is 0 Å². The molecule has 0 unspecified atom stereocenters. The van der Waals surface area contributed by atoms with Gasteiger partial charge in [0.05, 0.1) is 0 Å².